The summed E-state index contributed by atoms with van der Waals surface area (Å²) in [5, 5.41) is 5.09. The Bertz CT molecular complexity index is 1260. The number of carbonyl (C=O) groups excluding carboxylic acids is 2. The van der Waals surface area contributed by atoms with Crippen LogP contribution in [0.25, 0.3) is 0 Å². The van der Waals surface area contributed by atoms with Gasteiger partial charge in [0.1, 0.15) is 6.04 Å². The van der Waals surface area contributed by atoms with Gasteiger partial charge < -0.3 is 10.2 Å². The number of nitrogens with one attached hydrogen (secondary N) is 1. The molecule has 0 aliphatic heterocycles. The summed E-state index contributed by atoms with van der Waals surface area (Å²) in [6, 6.07) is 19.8. The van der Waals surface area contributed by atoms with E-state index in [0.717, 1.165) is 36.8 Å². The number of halogens is 4. The van der Waals surface area contributed by atoms with E-state index in [1.54, 1.807) is 35.2 Å². The van der Waals surface area contributed by atoms with Crippen molar-refractivity contribution in [2.75, 3.05) is 5.75 Å². The first-order chi connectivity index (χ1) is 18.8. The highest BCUT2D eigenvalue weighted by atomic mass is 35.5. The van der Waals surface area contributed by atoms with E-state index < -0.39 is 6.04 Å². The second kappa shape index (κ2) is 14.7. The number of thioether (sulfide) groups is 1. The number of rotatable bonds is 11. The van der Waals surface area contributed by atoms with Gasteiger partial charge in [-0.1, -0.05) is 102 Å². The molecule has 1 aliphatic carbocycles. The van der Waals surface area contributed by atoms with Crippen LogP contribution in [0.1, 0.15) is 42.4 Å². The van der Waals surface area contributed by atoms with E-state index >= 15 is 0 Å². The summed E-state index contributed by atoms with van der Waals surface area (Å²) in [5.41, 5.74) is 2.55. The zero-order valence-corrected chi connectivity index (χ0v) is 25.2. The highest BCUT2D eigenvalue weighted by Crippen LogP contribution is 2.29. The molecule has 1 aliphatic rings. The second-order valence-corrected chi connectivity index (χ2v) is 12.3. The first kappa shape index (κ1) is 30.1. The lowest BCUT2D eigenvalue weighted by molar-refractivity contribution is -0.139. The molecule has 1 fully saturated rings. The van der Waals surface area contributed by atoms with Gasteiger partial charge in [0.15, 0.2) is 0 Å². The lowest BCUT2D eigenvalue weighted by atomic mass is 10.0. The van der Waals surface area contributed by atoms with Crippen LogP contribution in [0.15, 0.2) is 66.7 Å². The van der Waals surface area contributed by atoms with Crippen molar-refractivity contribution in [2.24, 2.45) is 0 Å². The van der Waals surface area contributed by atoms with Crippen molar-refractivity contribution < 1.29 is 9.59 Å². The van der Waals surface area contributed by atoms with Crippen LogP contribution in [-0.2, 0) is 28.3 Å². The molecule has 0 aromatic heterocycles. The molecule has 1 atom stereocenters. The molecule has 4 nitrogen and oxygen atoms in total. The Kier molecular flexibility index (Phi) is 11.3. The maximum Gasteiger partial charge on any atom is 0.243 e. The van der Waals surface area contributed by atoms with E-state index in [-0.39, 0.29) is 30.2 Å². The van der Waals surface area contributed by atoms with Crippen LogP contribution in [0.4, 0.5) is 0 Å². The van der Waals surface area contributed by atoms with Crippen molar-refractivity contribution in [2.45, 2.75) is 56.5 Å². The molecule has 0 radical (unpaired) electrons. The van der Waals surface area contributed by atoms with Gasteiger partial charge in [0.05, 0.1) is 15.8 Å². The summed E-state index contributed by atoms with van der Waals surface area (Å²) >= 11 is 26.7. The van der Waals surface area contributed by atoms with Gasteiger partial charge in [-0.25, -0.2) is 0 Å². The fourth-order valence-electron chi connectivity index (χ4n) is 4.74. The van der Waals surface area contributed by atoms with Gasteiger partial charge in [-0.05, 0) is 48.2 Å². The summed E-state index contributed by atoms with van der Waals surface area (Å²) in [6.07, 6.45) is 4.47. The summed E-state index contributed by atoms with van der Waals surface area (Å²) in [7, 11) is 0. The second-order valence-electron chi connectivity index (χ2n) is 9.66. The third-order valence-electron chi connectivity index (χ3n) is 6.84. The number of hydrogen-bond donors (Lipinski definition) is 1. The Morgan fingerprint density at radius 3 is 2.21 bits per heavy atom. The number of carbonyl (C=O) groups is 2. The fraction of sp³-hybridized carbons (Fsp3) is 0.333. The molecule has 0 spiro atoms. The zero-order chi connectivity index (χ0) is 27.8. The maximum absolute atomic E-state index is 13.8. The normalized spacial score (nSPS) is 14.3. The van der Waals surface area contributed by atoms with Gasteiger partial charge in [-0.15, -0.1) is 11.8 Å². The van der Waals surface area contributed by atoms with Gasteiger partial charge in [-0.3, -0.25) is 9.59 Å². The average Bonchev–Trinajstić information content (AvgIpc) is 3.43. The zero-order valence-electron chi connectivity index (χ0n) is 21.3. The van der Waals surface area contributed by atoms with Crippen LogP contribution in [0.3, 0.4) is 0 Å². The van der Waals surface area contributed by atoms with E-state index in [9.17, 15) is 9.59 Å². The number of hydrogen-bond acceptors (Lipinski definition) is 3. The maximum atomic E-state index is 13.8. The predicted molar refractivity (Wildman–Crippen MR) is 164 cm³/mol. The topological polar surface area (TPSA) is 49.4 Å². The molecule has 39 heavy (non-hydrogen) atoms. The summed E-state index contributed by atoms with van der Waals surface area (Å²) in [6.45, 7) is 0.125. The van der Waals surface area contributed by atoms with E-state index in [0.29, 0.717) is 37.8 Å². The van der Waals surface area contributed by atoms with Crippen molar-refractivity contribution in [1.29, 1.82) is 0 Å². The van der Waals surface area contributed by atoms with Crippen molar-refractivity contribution in [1.82, 2.24) is 10.2 Å². The Hall–Kier alpha value is -1.89. The van der Waals surface area contributed by atoms with Crippen LogP contribution >= 0.6 is 58.2 Å². The Balaban J connectivity index is 1.60. The molecule has 1 N–H and O–H groups in total. The van der Waals surface area contributed by atoms with Crippen molar-refractivity contribution in [3.8, 4) is 0 Å². The molecule has 3 aromatic carbocycles. The highest BCUT2D eigenvalue weighted by molar-refractivity contribution is 7.99. The lowest BCUT2D eigenvalue weighted by Gasteiger charge is -2.33. The van der Waals surface area contributed by atoms with Crippen LogP contribution in [-0.4, -0.2) is 34.6 Å². The van der Waals surface area contributed by atoms with Gasteiger partial charge in [-0.2, -0.15) is 0 Å². The van der Waals surface area contributed by atoms with Gasteiger partial charge in [0.2, 0.25) is 11.8 Å². The molecular formula is C30H30Cl4N2O2S. The minimum atomic E-state index is -0.724. The molecule has 2 amide bonds. The molecular weight excluding hydrogens is 594 g/mol. The summed E-state index contributed by atoms with van der Waals surface area (Å²) in [5.74, 6) is 0.418. The molecule has 0 unspecified atom stereocenters. The van der Waals surface area contributed by atoms with Crippen LogP contribution in [0.2, 0.25) is 20.1 Å². The van der Waals surface area contributed by atoms with E-state index in [2.05, 4.69) is 5.32 Å². The Morgan fingerprint density at radius 2 is 1.54 bits per heavy atom. The highest BCUT2D eigenvalue weighted by Gasteiger charge is 2.32. The quantitative estimate of drug-likeness (QED) is 0.234. The van der Waals surface area contributed by atoms with E-state index in [1.807, 2.05) is 36.4 Å². The smallest absolute Gasteiger partial charge is 0.243 e. The van der Waals surface area contributed by atoms with Crippen LogP contribution in [0.5, 0.6) is 0 Å². The molecule has 0 heterocycles. The molecule has 9 heteroatoms. The van der Waals surface area contributed by atoms with Crippen LogP contribution < -0.4 is 5.32 Å². The first-order valence-electron chi connectivity index (χ1n) is 12.9. The standard InChI is InChI=1S/C30H30Cl4N2O2S/c31-24-11-6-12-25(32)23(24)17-36(29(37)19-39-18-21-13-14-26(33)27(34)15-21)28(16-20-7-2-1-3-8-20)30(38)35-22-9-4-5-10-22/h1-3,6-8,11-15,22,28H,4-5,9-10,16-19H2,(H,35,38)/t28-/m1/s1. The lowest BCUT2D eigenvalue weighted by Crippen LogP contribution is -2.52. The summed E-state index contributed by atoms with van der Waals surface area (Å²) in [4.78, 5) is 29.2. The fourth-order valence-corrected chi connectivity index (χ4v) is 6.44. The predicted octanol–water partition coefficient (Wildman–Crippen LogP) is 8.23. The van der Waals surface area contributed by atoms with Gasteiger partial charge >= 0.3 is 0 Å². The van der Waals surface area contributed by atoms with Crippen molar-refractivity contribution >= 4 is 70.0 Å². The molecule has 0 saturated heterocycles. The van der Waals surface area contributed by atoms with E-state index in [1.165, 1.54) is 11.8 Å². The molecule has 4 rings (SSSR count). The first-order valence-corrected chi connectivity index (χ1v) is 15.6. The van der Waals surface area contributed by atoms with Crippen molar-refractivity contribution in [3.05, 3.63) is 104 Å². The largest absolute Gasteiger partial charge is 0.352 e. The average molecular weight is 624 g/mol. The molecule has 0 bridgehead atoms. The van der Waals surface area contributed by atoms with Crippen LogP contribution in [0, 0.1) is 0 Å². The minimum Gasteiger partial charge on any atom is -0.352 e. The number of benzene rings is 3. The molecule has 3 aromatic rings. The Labute approximate surface area is 254 Å². The van der Waals surface area contributed by atoms with Gasteiger partial charge in [0, 0.05) is 40.4 Å². The summed E-state index contributed by atoms with van der Waals surface area (Å²) < 4.78 is 0. The van der Waals surface area contributed by atoms with Crippen molar-refractivity contribution in [3.63, 3.8) is 0 Å². The van der Waals surface area contributed by atoms with Gasteiger partial charge in [0.25, 0.3) is 0 Å². The number of nitrogens with zero attached hydrogens (tertiary/aromatic N) is 1. The Morgan fingerprint density at radius 1 is 0.846 bits per heavy atom. The third kappa shape index (κ3) is 8.55. The molecule has 206 valence electrons. The molecule has 1 saturated carbocycles. The monoisotopic (exact) mass is 622 g/mol. The SMILES string of the molecule is O=C(NC1CCCC1)[C@@H](Cc1ccccc1)N(Cc1c(Cl)cccc1Cl)C(=O)CSCc1ccc(Cl)c(Cl)c1. The number of amides is 2. The minimum absolute atomic E-state index is 0.125. The third-order valence-corrected chi connectivity index (χ3v) is 9.28. The van der Waals surface area contributed by atoms with E-state index in [4.69, 9.17) is 46.4 Å².